The van der Waals surface area contributed by atoms with Crippen LogP contribution in [0.25, 0.3) is 0 Å². The molecule has 0 bridgehead atoms. The minimum Gasteiger partial charge on any atom is -0.486 e. The SMILES string of the molecule is COC(=O)c1cc(COC=O)cc(OCc2ccco2)c1. The molecule has 0 atom stereocenters. The summed E-state index contributed by atoms with van der Waals surface area (Å²) in [7, 11) is 1.29. The standard InChI is InChI=1S/C15H14O6/c1-18-15(17)12-5-11(8-19-10-16)6-14(7-12)21-9-13-3-2-4-20-13/h2-7,10H,8-9H2,1H3. The van der Waals surface area contributed by atoms with Crippen LogP contribution in [0.4, 0.5) is 0 Å². The van der Waals surface area contributed by atoms with Crippen molar-refractivity contribution in [3.05, 3.63) is 53.5 Å². The second-order valence-electron chi connectivity index (χ2n) is 4.13. The van der Waals surface area contributed by atoms with E-state index in [9.17, 15) is 9.59 Å². The van der Waals surface area contributed by atoms with Gasteiger partial charge in [0.1, 0.15) is 24.7 Å². The van der Waals surface area contributed by atoms with Gasteiger partial charge in [0.25, 0.3) is 6.47 Å². The molecule has 0 aliphatic carbocycles. The Bertz CT molecular complexity index is 603. The van der Waals surface area contributed by atoms with Crippen molar-refractivity contribution in [1.29, 1.82) is 0 Å². The molecule has 0 spiro atoms. The number of rotatable bonds is 7. The largest absolute Gasteiger partial charge is 0.486 e. The molecule has 2 rings (SSSR count). The van der Waals surface area contributed by atoms with Crippen LogP contribution >= 0.6 is 0 Å². The first kappa shape index (κ1) is 14.6. The summed E-state index contributed by atoms with van der Waals surface area (Å²) in [5.41, 5.74) is 0.943. The zero-order valence-corrected chi connectivity index (χ0v) is 11.4. The van der Waals surface area contributed by atoms with Gasteiger partial charge in [0.2, 0.25) is 0 Å². The maximum atomic E-state index is 11.6. The number of hydrogen-bond acceptors (Lipinski definition) is 6. The fourth-order valence-corrected chi connectivity index (χ4v) is 1.74. The van der Waals surface area contributed by atoms with Crippen LogP contribution in [0.1, 0.15) is 21.7 Å². The highest BCUT2D eigenvalue weighted by Crippen LogP contribution is 2.20. The first-order chi connectivity index (χ1) is 10.2. The molecule has 110 valence electrons. The lowest BCUT2D eigenvalue weighted by Gasteiger charge is -2.09. The maximum Gasteiger partial charge on any atom is 0.337 e. The molecular formula is C15H14O6. The predicted molar refractivity (Wildman–Crippen MR) is 71.7 cm³/mol. The molecule has 0 saturated heterocycles. The molecule has 0 fully saturated rings. The van der Waals surface area contributed by atoms with E-state index in [1.807, 2.05) is 0 Å². The van der Waals surface area contributed by atoms with Crippen molar-refractivity contribution < 1.29 is 28.2 Å². The van der Waals surface area contributed by atoms with Gasteiger partial charge in [-0.1, -0.05) is 0 Å². The minimum absolute atomic E-state index is 0.0471. The first-order valence-corrected chi connectivity index (χ1v) is 6.15. The highest BCUT2D eigenvalue weighted by molar-refractivity contribution is 5.90. The van der Waals surface area contributed by atoms with Crippen LogP contribution < -0.4 is 4.74 Å². The summed E-state index contributed by atoms with van der Waals surface area (Å²) in [5.74, 6) is 0.619. The van der Waals surface area contributed by atoms with Crippen molar-refractivity contribution >= 4 is 12.4 Å². The molecule has 1 heterocycles. The quantitative estimate of drug-likeness (QED) is 0.575. The molecule has 0 radical (unpaired) electrons. The van der Waals surface area contributed by atoms with Crippen LogP contribution in [0, 0.1) is 0 Å². The number of furan rings is 1. The van der Waals surface area contributed by atoms with Gasteiger partial charge in [-0.25, -0.2) is 4.79 Å². The molecule has 2 aromatic rings. The van der Waals surface area contributed by atoms with Crippen LogP contribution in [0.5, 0.6) is 5.75 Å². The third-order valence-electron chi connectivity index (χ3n) is 2.67. The minimum atomic E-state index is -0.495. The van der Waals surface area contributed by atoms with Gasteiger partial charge in [-0.05, 0) is 35.9 Å². The van der Waals surface area contributed by atoms with E-state index in [1.54, 1.807) is 36.6 Å². The fourth-order valence-electron chi connectivity index (χ4n) is 1.74. The molecular weight excluding hydrogens is 276 g/mol. The molecule has 1 aromatic carbocycles. The first-order valence-electron chi connectivity index (χ1n) is 6.15. The van der Waals surface area contributed by atoms with Gasteiger partial charge >= 0.3 is 5.97 Å². The van der Waals surface area contributed by atoms with E-state index in [2.05, 4.69) is 9.47 Å². The van der Waals surface area contributed by atoms with E-state index >= 15 is 0 Å². The predicted octanol–water partition coefficient (Wildman–Crippen LogP) is 2.32. The summed E-state index contributed by atoms with van der Waals surface area (Å²) in [4.78, 5) is 21.9. The fraction of sp³-hybridized carbons (Fsp3) is 0.200. The number of benzene rings is 1. The van der Waals surface area contributed by atoms with E-state index in [1.165, 1.54) is 7.11 Å². The third-order valence-corrected chi connectivity index (χ3v) is 2.67. The molecule has 0 aliphatic heterocycles. The summed E-state index contributed by atoms with van der Waals surface area (Å²) >= 11 is 0. The number of hydrogen-bond donors (Lipinski definition) is 0. The monoisotopic (exact) mass is 290 g/mol. The Morgan fingerprint density at radius 3 is 2.81 bits per heavy atom. The van der Waals surface area contributed by atoms with Gasteiger partial charge in [0.15, 0.2) is 0 Å². The average Bonchev–Trinajstić information content (AvgIpc) is 3.03. The number of carbonyl (C=O) groups is 2. The third kappa shape index (κ3) is 4.10. The number of esters is 1. The van der Waals surface area contributed by atoms with E-state index < -0.39 is 5.97 Å². The highest BCUT2D eigenvalue weighted by atomic mass is 16.5. The molecule has 0 N–H and O–H groups in total. The Labute approximate surface area is 121 Å². The Hall–Kier alpha value is -2.76. The van der Waals surface area contributed by atoms with Crippen molar-refractivity contribution in [2.45, 2.75) is 13.2 Å². The van der Waals surface area contributed by atoms with Crippen molar-refractivity contribution in [3.63, 3.8) is 0 Å². The van der Waals surface area contributed by atoms with Gasteiger partial charge in [0.05, 0.1) is 18.9 Å². The van der Waals surface area contributed by atoms with Crippen molar-refractivity contribution in [1.82, 2.24) is 0 Å². The Morgan fingerprint density at radius 2 is 2.14 bits per heavy atom. The molecule has 0 saturated carbocycles. The van der Waals surface area contributed by atoms with Crippen molar-refractivity contribution in [3.8, 4) is 5.75 Å². The normalized spacial score (nSPS) is 9.95. The van der Waals surface area contributed by atoms with Gasteiger partial charge in [-0.3, -0.25) is 4.79 Å². The lowest BCUT2D eigenvalue weighted by molar-refractivity contribution is -0.129. The number of carbonyl (C=O) groups excluding carboxylic acids is 2. The molecule has 6 nitrogen and oxygen atoms in total. The van der Waals surface area contributed by atoms with Crippen LogP contribution in [0.15, 0.2) is 41.0 Å². The molecule has 0 amide bonds. The second-order valence-corrected chi connectivity index (χ2v) is 4.13. The lowest BCUT2D eigenvalue weighted by Crippen LogP contribution is -2.04. The maximum absolute atomic E-state index is 11.6. The summed E-state index contributed by atoms with van der Waals surface area (Å²) in [5, 5.41) is 0. The zero-order chi connectivity index (χ0) is 15.1. The lowest BCUT2D eigenvalue weighted by atomic mass is 10.1. The van der Waals surface area contributed by atoms with Crippen LogP contribution in [0.3, 0.4) is 0 Å². The van der Waals surface area contributed by atoms with Gasteiger partial charge < -0.3 is 18.6 Å². The van der Waals surface area contributed by atoms with E-state index in [0.717, 1.165) is 0 Å². The Balaban J connectivity index is 2.17. The average molecular weight is 290 g/mol. The van der Waals surface area contributed by atoms with Crippen LogP contribution in [-0.2, 0) is 27.5 Å². The smallest absolute Gasteiger partial charge is 0.337 e. The van der Waals surface area contributed by atoms with Crippen LogP contribution in [0.2, 0.25) is 0 Å². The summed E-state index contributed by atoms with van der Waals surface area (Å²) < 4.78 is 20.1. The topological polar surface area (TPSA) is 75.0 Å². The van der Waals surface area contributed by atoms with Gasteiger partial charge in [-0.15, -0.1) is 0 Å². The van der Waals surface area contributed by atoms with E-state index in [4.69, 9.17) is 9.15 Å². The number of methoxy groups -OCH3 is 1. The summed E-state index contributed by atoms with van der Waals surface area (Å²) in [6.07, 6.45) is 1.55. The molecule has 21 heavy (non-hydrogen) atoms. The van der Waals surface area contributed by atoms with E-state index in [-0.39, 0.29) is 13.2 Å². The van der Waals surface area contributed by atoms with Crippen molar-refractivity contribution in [2.75, 3.05) is 7.11 Å². The van der Waals surface area contributed by atoms with Gasteiger partial charge in [0, 0.05) is 0 Å². The molecule has 0 aliphatic rings. The van der Waals surface area contributed by atoms with Crippen LogP contribution in [-0.4, -0.2) is 19.6 Å². The Kier molecular flexibility index (Phi) is 4.98. The number of ether oxygens (including phenoxy) is 3. The van der Waals surface area contributed by atoms with Gasteiger partial charge in [-0.2, -0.15) is 0 Å². The second kappa shape index (κ2) is 7.14. The molecule has 1 aromatic heterocycles. The van der Waals surface area contributed by atoms with E-state index in [0.29, 0.717) is 29.1 Å². The highest BCUT2D eigenvalue weighted by Gasteiger charge is 2.10. The molecule has 0 unspecified atom stereocenters. The molecule has 6 heteroatoms. The summed E-state index contributed by atoms with van der Waals surface area (Å²) in [6.45, 7) is 0.616. The summed E-state index contributed by atoms with van der Waals surface area (Å²) in [6, 6.07) is 8.35. The zero-order valence-electron chi connectivity index (χ0n) is 11.4. The van der Waals surface area contributed by atoms with Crippen molar-refractivity contribution in [2.24, 2.45) is 0 Å². The Morgan fingerprint density at radius 1 is 1.29 bits per heavy atom.